The average Bonchev–Trinajstić information content (AvgIpc) is 2.70. The second-order valence-electron chi connectivity index (χ2n) is 6.24. The SMILES string of the molecule is N#Cc1ccc(CN2CCN(C(=O)c3ccc(O)c(C=O)c3)CC2=O)cc1. The van der Waals surface area contributed by atoms with Crippen molar-refractivity contribution in [3.63, 3.8) is 0 Å². The molecule has 1 heterocycles. The van der Waals surface area contributed by atoms with Crippen molar-refractivity contribution < 1.29 is 19.5 Å². The molecule has 1 aliphatic rings. The number of aldehydes is 1. The normalized spacial score (nSPS) is 14.0. The van der Waals surface area contributed by atoms with Gasteiger partial charge in [-0.2, -0.15) is 5.26 Å². The molecule has 2 aromatic carbocycles. The molecule has 1 saturated heterocycles. The molecule has 1 N–H and O–H groups in total. The smallest absolute Gasteiger partial charge is 0.254 e. The zero-order chi connectivity index (χ0) is 19.4. The number of phenolic OH excluding ortho intramolecular Hbond substituents is 1. The van der Waals surface area contributed by atoms with E-state index in [0.29, 0.717) is 31.5 Å². The second-order valence-corrected chi connectivity index (χ2v) is 6.24. The van der Waals surface area contributed by atoms with Crippen molar-refractivity contribution in [2.75, 3.05) is 19.6 Å². The van der Waals surface area contributed by atoms with E-state index in [1.807, 2.05) is 6.07 Å². The third-order valence-electron chi connectivity index (χ3n) is 4.46. The highest BCUT2D eigenvalue weighted by molar-refractivity contribution is 5.98. The van der Waals surface area contributed by atoms with Gasteiger partial charge in [0.05, 0.1) is 17.2 Å². The van der Waals surface area contributed by atoms with Crippen molar-refractivity contribution in [3.8, 4) is 11.8 Å². The van der Waals surface area contributed by atoms with Crippen LogP contribution in [0.4, 0.5) is 0 Å². The van der Waals surface area contributed by atoms with E-state index in [0.717, 1.165) is 5.56 Å². The summed E-state index contributed by atoms with van der Waals surface area (Å²) < 4.78 is 0. The van der Waals surface area contributed by atoms with Gasteiger partial charge in [-0.3, -0.25) is 14.4 Å². The van der Waals surface area contributed by atoms with Gasteiger partial charge < -0.3 is 14.9 Å². The molecule has 2 aromatic rings. The topological polar surface area (TPSA) is 102 Å². The van der Waals surface area contributed by atoms with E-state index in [2.05, 4.69) is 0 Å². The second kappa shape index (κ2) is 7.70. The predicted octanol–water partition coefficient (Wildman–Crippen LogP) is 1.56. The number of hydrogen-bond acceptors (Lipinski definition) is 5. The van der Waals surface area contributed by atoms with E-state index in [9.17, 15) is 19.5 Å². The van der Waals surface area contributed by atoms with Crippen molar-refractivity contribution >= 4 is 18.1 Å². The molecule has 0 atom stereocenters. The van der Waals surface area contributed by atoms with Gasteiger partial charge in [0.1, 0.15) is 12.3 Å². The zero-order valence-corrected chi connectivity index (χ0v) is 14.5. The molecule has 0 aromatic heterocycles. The van der Waals surface area contributed by atoms with Crippen LogP contribution in [0.25, 0.3) is 0 Å². The summed E-state index contributed by atoms with van der Waals surface area (Å²) in [5.41, 5.74) is 1.76. The van der Waals surface area contributed by atoms with Gasteiger partial charge in [0.2, 0.25) is 5.91 Å². The highest BCUT2D eigenvalue weighted by atomic mass is 16.3. The first-order valence-electron chi connectivity index (χ1n) is 8.36. The molecule has 0 bridgehead atoms. The lowest BCUT2D eigenvalue weighted by Crippen LogP contribution is -2.51. The lowest BCUT2D eigenvalue weighted by Gasteiger charge is -2.34. The van der Waals surface area contributed by atoms with E-state index in [1.165, 1.54) is 23.1 Å². The summed E-state index contributed by atoms with van der Waals surface area (Å²) in [7, 11) is 0. The van der Waals surface area contributed by atoms with Gasteiger partial charge in [-0.25, -0.2) is 0 Å². The summed E-state index contributed by atoms with van der Waals surface area (Å²) in [6.45, 7) is 1.13. The number of nitrogens with zero attached hydrogens (tertiary/aromatic N) is 3. The van der Waals surface area contributed by atoms with Crippen LogP contribution in [0.3, 0.4) is 0 Å². The number of nitriles is 1. The lowest BCUT2D eigenvalue weighted by molar-refractivity contribution is -0.135. The monoisotopic (exact) mass is 363 g/mol. The Balaban J connectivity index is 1.65. The molecule has 0 unspecified atom stereocenters. The molecule has 1 aliphatic heterocycles. The lowest BCUT2D eigenvalue weighted by atomic mass is 10.1. The molecule has 0 radical (unpaired) electrons. The third kappa shape index (κ3) is 3.96. The fourth-order valence-electron chi connectivity index (χ4n) is 2.92. The maximum Gasteiger partial charge on any atom is 0.254 e. The number of benzene rings is 2. The van der Waals surface area contributed by atoms with Gasteiger partial charge in [-0.05, 0) is 35.9 Å². The quantitative estimate of drug-likeness (QED) is 0.831. The average molecular weight is 363 g/mol. The minimum Gasteiger partial charge on any atom is -0.507 e. The van der Waals surface area contributed by atoms with Crippen LogP contribution < -0.4 is 0 Å². The van der Waals surface area contributed by atoms with Crippen LogP contribution in [0.15, 0.2) is 42.5 Å². The van der Waals surface area contributed by atoms with Crippen molar-refractivity contribution in [1.29, 1.82) is 5.26 Å². The Morgan fingerprint density at radius 1 is 1.19 bits per heavy atom. The molecule has 1 fully saturated rings. The molecular formula is C20H17N3O4. The molecule has 2 amide bonds. The van der Waals surface area contributed by atoms with E-state index in [1.54, 1.807) is 29.2 Å². The Hall–Kier alpha value is -3.66. The summed E-state index contributed by atoms with van der Waals surface area (Å²) in [5, 5.41) is 18.4. The van der Waals surface area contributed by atoms with Crippen LogP contribution in [0.5, 0.6) is 5.75 Å². The molecule has 7 heteroatoms. The van der Waals surface area contributed by atoms with Crippen molar-refractivity contribution in [3.05, 3.63) is 64.7 Å². The van der Waals surface area contributed by atoms with Gasteiger partial charge in [0.25, 0.3) is 5.91 Å². The Morgan fingerprint density at radius 3 is 2.56 bits per heavy atom. The van der Waals surface area contributed by atoms with E-state index in [-0.39, 0.29) is 35.2 Å². The molecule has 0 saturated carbocycles. The summed E-state index contributed by atoms with van der Waals surface area (Å²) in [6, 6.07) is 13.1. The first kappa shape index (κ1) is 18.1. The Morgan fingerprint density at radius 2 is 1.93 bits per heavy atom. The Bertz CT molecular complexity index is 931. The summed E-state index contributed by atoms with van der Waals surface area (Å²) in [5.74, 6) is -0.720. The third-order valence-corrected chi connectivity index (χ3v) is 4.46. The Labute approximate surface area is 156 Å². The van der Waals surface area contributed by atoms with Crippen LogP contribution in [-0.4, -0.2) is 52.6 Å². The number of piperazine rings is 1. The zero-order valence-electron chi connectivity index (χ0n) is 14.5. The maximum absolute atomic E-state index is 12.6. The van der Waals surface area contributed by atoms with Gasteiger partial charge in [-0.1, -0.05) is 12.1 Å². The van der Waals surface area contributed by atoms with Crippen LogP contribution in [0.2, 0.25) is 0 Å². The standard InChI is InChI=1S/C20H17N3O4/c21-10-14-1-3-15(4-2-14)11-22-7-8-23(12-19(22)26)20(27)16-5-6-18(25)17(9-16)13-24/h1-6,9,13,25H,7-8,11-12H2. The number of hydrogen-bond donors (Lipinski definition) is 1. The van der Waals surface area contributed by atoms with Crippen LogP contribution in [0.1, 0.15) is 31.8 Å². The minimum atomic E-state index is -0.357. The molecule has 7 nitrogen and oxygen atoms in total. The molecule has 0 spiro atoms. The summed E-state index contributed by atoms with van der Waals surface area (Å²) in [4.78, 5) is 39.0. The highest BCUT2D eigenvalue weighted by Crippen LogP contribution is 2.19. The van der Waals surface area contributed by atoms with Gasteiger partial charge in [0.15, 0.2) is 6.29 Å². The van der Waals surface area contributed by atoms with Crippen LogP contribution in [-0.2, 0) is 11.3 Å². The van der Waals surface area contributed by atoms with Crippen molar-refractivity contribution in [2.24, 2.45) is 0 Å². The number of amides is 2. The van der Waals surface area contributed by atoms with Crippen LogP contribution in [0, 0.1) is 11.3 Å². The number of carbonyl (C=O) groups is 3. The predicted molar refractivity (Wildman–Crippen MR) is 96.0 cm³/mol. The Kier molecular flexibility index (Phi) is 5.18. The molecule has 0 aliphatic carbocycles. The number of phenols is 1. The molecule has 3 rings (SSSR count). The molecule has 136 valence electrons. The van der Waals surface area contributed by atoms with E-state index >= 15 is 0 Å². The summed E-state index contributed by atoms with van der Waals surface area (Å²) in [6.07, 6.45) is 0.479. The molecule has 27 heavy (non-hydrogen) atoms. The van der Waals surface area contributed by atoms with Gasteiger partial charge in [0, 0.05) is 25.2 Å². The van der Waals surface area contributed by atoms with Crippen molar-refractivity contribution in [2.45, 2.75) is 6.54 Å². The fraction of sp³-hybridized carbons (Fsp3) is 0.200. The number of carbonyl (C=O) groups excluding carboxylic acids is 3. The first-order chi connectivity index (χ1) is 13.0. The van der Waals surface area contributed by atoms with Crippen LogP contribution >= 0.6 is 0 Å². The van der Waals surface area contributed by atoms with E-state index in [4.69, 9.17) is 5.26 Å². The van der Waals surface area contributed by atoms with E-state index < -0.39 is 0 Å². The fourth-order valence-corrected chi connectivity index (χ4v) is 2.92. The number of rotatable bonds is 4. The summed E-state index contributed by atoms with van der Waals surface area (Å²) >= 11 is 0. The minimum absolute atomic E-state index is 0.0339. The first-order valence-corrected chi connectivity index (χ1v) is 8.36. The van der Waals surface area contributed by atoms with Crippen molar-refractivity contribution in [1.82, 2.24) is 9.80 Å². The van der Waals surface area contributed by atoms with Gasteiger partial charge in [-0.15, -0.1) is 0 Å². The maximum atomic E-state index is 12.6. The van der Waals surface area contributed by atoms with Gasteiger partial charge >= 0.3 is 0 Å². The molecular weight excluding hydrogens is 346 g/mol. The number of aromatic hydroxyl groups is 1. The largest absolute Gasteiger partial charge is 0.507 e. The highest BCUT2D eigenvalue weighted by Gasteiger charge is 2.28.